The van der Waals surface area contributed by atoms with E-state index in [2.05, 4.69) is 10.5 Å². The standard InChI is InChI=1S/C20H20ClN3O5.K.H/c1-3-24-10-14(20(26)27)15(11-24)22-17(25)9-8-16-18(21)19(23-29-16)12-4-6-13(28-2)7-5-12;;/h4-7,10-11H,3,8-9H2,1-2H3,(H,22,25)(H,26,27);;. The van der Waals surface area contributed by atoms with Crippen molar-refractivity contribution in [1.82, 2.24) is 9.72 Å². The third-order valence-corrected chi connectivity index (χ3v) is 4.78. The summed E-state index contributed by atoms with van der Waals surface area (Å²) in [5.74, 6) is -0.352. The zero-order chi connectivity index (χ0) is 21.0. The van der Waals surface area contributed by atoms with Crippen LogP contribution >= 0.6 is 11.6 Å². The van der Waals surface area contributed by atoms with Gasteiger partial charge in [0.25, 0.3) is 0 Å². The fourth-order valence-corrected chi connectivity index (χ4v) is 3.07. The Hall–Kier alpha value is -1.62. The number of carbonyl (C=O) groups excluding carboxylic acids is 1. The molecule has 1 aromatic carbocycles. The maximum absolute atomic E-state index is 12.3. The Morgan fingerprint density at radius 3 is 2.57 bits per heavy atom. The average Bonchev–Trinajstić information content (AvgIpc) is 3.30. The number of nitrogens with zero attached hydrogens (tertiary/aromatic N) is 2. The number of benzene rings is 1. The predicted octanol–water partition coefficient (Wildman–Crippen LogP) is 3.45. The Labute approximate surface area is 220 Å². The van der Waals surface area contributed by atoms with E-state index in [9.17, 15) is 14.7 Å². The number of amides is 1. The van der Waals surface area contributed by atoms with Gasteiger partial charge in [0, 0.05) is 37.3 Å². The van der Waals surface area contributed by atoms with Crippen LogP contribution in [0.4, 0.5) is 5.69 Å². The van der Waals surface area contributed by atoms with Gasteiger partial charge in [0.2, 0.25) is 5.91 Å². The van der Waals surface area contributed by atoms with Gasteiger partial charge in [0.15, 0.2) is 5.76 Å². The molecule has 0 unspecified atom stereocenters. The Morgan fingerprint density at radius 1 is 1.27 bits per heavy atom. The van der Waals surface area contributed by atoms with Crippen LogP contribution in [0.15, 0.2) is 41.2 Å². The van der Waals surface area contributed by atoms with Gasteiger partial charge < -0.3 is 24.3 Å². The number of carbonyl (C=O) groups is 2. The van der Waals surface area contributed by atoms with Crippen molar-refractivity contribution < 1.29 is 24.0 Å². The van der Waals surface area contributed by atoms with Crippen molar-refractivity contribution in [3.8, 4) is 17.0 Å². The molecule has 0 spiro atoms. The summed E-state index contributed by atoms with van der Waals surface area (Å²) in [5.41, 5.74) is 1.55. The topological polar surface area (TPSA) is 107 Å². The molecule has 0 saturated heterocycles. The molecule has 2 aromatic heterocycles. The van der Waals surface area contributed by atoms with Gasteiger partial charge in [-0.1, -0.05) is 16.8 Å². The number of halogens is 1. The number of hydrogen-bond acceptors (Lipinski definition) is 5. The van der Waals surface area contributed by atoms with Gasteiger partial charge in [-0.3, -0.25) is 4.79 Å². The van der Waals surface area contributed by atoms with Crippen molar-refractivity contribution in [3.05, 3.63) is 53.0 Å². The van der Waals surface area contributed by atoms with E-state index < -0.39 is 5.97 Å². The zero-order valence-electron chi connectivity index (χ0n) is 15.9. The van der Waals surface area contributed by atoms with E-state index in [-0.39, 0.29) is 81.4 Å². The van der Waals surface area contributed by atoms with Crippen molar-refractivity contribution >= 4 is 80.5 Å². The second-order valence-electron chi connectivity index (χ2n) is 6.27. The molecule has 2 heterocycles. The Balaban J connectivity index is 0.00000320. The normalized spacial score (nSPS) is 10.4. The van der Waals surface area contributed by atoms with Crippen molar-refractivity contribution in [1.29, 1.82) is 0 Å². The molecule has 30 heavy (non-hydrogen) atoms. The molecular formula is C20H21ClKN3O5. The second kappa shape index (κ2) is 11.1. The van der Waals surface area contributed by atoms with E-state index in [0.29, 0.717) is 28.8 Å². The summed E-state index contributed by atoms with van der Waals surface area (Å²) in [4.78, 5) is 23.6. The van der Waals surface area contributed by atoms with Crippen LogP contribution in [0.1, 0.15) is 29.5 Å². The molecule has 0 radical (unpaired) electrons. The molecule has 10 heteroatoms. The summed E-state index contributed by atoms with van der Waals surface area (Å²) in [7, 11) is 1.58. The van der Waals surface area contributed by atoms with E-state index >= 15 is 0 Å². The van der Waals surface area contributed by atoms with Crippen LogP contribution in [-0.4, -0.2) is 85.2 Å². The zero-order valence-corrected chi connectivity index (χ0v) is 16.7. The number of rotatable bonds is 8. The van der Waals surface area contributed by atoms with Gasteiger partial charge in [-0.2, -0.15) is 0 Å². The summed E-state index contributed by atoms with van der Waals surface area (Å²) < 4.78 is 12.1. The van der Waals surface area contributed by atoms with E-state index in [0.717, 1.165) is 5.56 Å². The predicted molar refractivity (Wildman–Crippen MR) is 115 cm³/mol. The van der Waals surface area contributed by atoms with Crippen LogP contribution in [0.3, 0.4) is 0 Å². The summed E-state index contributed by atoms with van der Waals surface area (Å²) in [6, 6.07) is 7.20. The SMILES string of the molecule is CCn1cc(NC(=O)CCc2onc(-c3ccc(OC)cc3)c2Cl)c(C(=O)O)c1.[KH]. The van der Waals surface area contributed by atoms with Gasteiger partial charge >= 0.3 is 57.4 Å². The van der Waals surface area contributed by atoms with Crippen LogP contribution in [0.5, 0.6) is 5.75 Å². The molecule has 154 valence electrons. The average molecular weight is 458 g/mol. The Kier molecular flexibility index (Phi) is 9.14. The molecule has 1 amide bonds. The number of nitrogens with one attached hydrogen (secondary N) is 1. The number of methoxy groups -OCH3 is 1. The summed E-state index contributed by atoms with van der Waals surface area (Å²) >= 11 is 6.36. The van der Waals surface area contributed by atoms with Crippen molar-refractivity contribution in [2.45, 2.75) is 26.3 Å². The Bertz CT molecular complexity index is 1030. The summed E-state index contributed by atoms with van der Waals surface area (Å²) in [6.07, 6.45) is 3.36. The quantitative estimate of drug-likeness (QED) is 0.502. The van der Waals surface area contributed by atoms with Crippen LogP contribution < -0.4 is 10.1 Å². The third-order valence-electron chi connectivity index (χ3n) is 4.39. The van der Waals surface area contributed by atoms with Crippen LogP contribution in [-0.2, 0) is 17.8 Å². The third kappa shape index (κ3) is 5.74. The van der Waals surface area contributed by atoms with Crippen molar-refractivity contribution in [2.24, 2.45) is 0 Å². The second-order valence-corrected chi connectivity index (χ2v) is 6.64. The number of ether oxygens (including phenoxy) is 1. The van der Waals surface area contributed by atoms with Crippen LogP contribution in [0.2, 0.25) is 5.02 Å². The van der Waals surface area contributed by atoms with Gasteiger partial charge in [0.05, 0.1) is 12.8 Å². The molecule has 0 saturated carbocycles. The molecule has 3 aromatic rings. The van der Waals surface area contributed by atoms with Crippen molar-refractivity contribution in [2.75, 3.05) is 12.4 Å². The first-order chi connectivity index (χ1) is 13.9. The molecular weight excluding hydrogens is 437 g/mol. The summed E-state index contributed by atoms with van der Waals surface area (Å²) in [6.45, 7) is 2.47. The van der Waals surface area contributed by atoms with Gasteiger partial charge in [-0.15, -0.1) is 0 Å². The van der Waals surface area contributed by atoms with Crippen LogP contribution in [0.25, 0.3) is 11.3 Å². The molecule has 0 bridgehead atoms. The first-order valence-electron chi connectivity index (χ1n) is 8.94. The van der Waals surface area contributed by atoms with E-state index in [1.54, 1.807) is 30.0 Å². The maximum atomic E-state index is 12.3. The first kappa shape index (κ1) is 24.6. The first-order valence-corrected chi connectivity index (χ1v) is 9.32. The molecule has 0 fully saturated rings. The van der Waals surface area contributed by atoms with Gasteiger partial charge in [-0.25, -0.2) is 4.79 Å². The minimum absolute atomic E-state index is 0. The molecule has 8 nitrogen and oxygen atoms in total. The molecule has 3 rings (SSSR count). The fourth-order valence-electron chi connectivity index (χ4n) is 2.80. The molecule has 0 aliphatic carbocycles. The van der Waals surface area contributed by atoms with Gasteiger partial charge in [-0.05, 0) is 31.2 Å². The number of anilines is 1. The minimum atomic E-state index is -1.10. The molecule has 0 atom stereocenters. The molecule has 2 N–H and O–H groups in total. The number of aryl methyl sites for hydroxylation is 2. The fraction of sp³-hybridized carbons (Fsp3) is 0.250. The number of aromatic nitrogens is 2. The van der Waals surface area contributed by atoms with Gasteiger partial charge in [0.1, 0.15) is 22.0 Å². The van der Waals surface area contributed by atoms with E-state index in [1.165, 1.54) is 6.20 Å². The number of aromatic carboxylic acids is 1. The van der Waals surface area contributed by atoms with E-state index in [1.807, 2.05) is 19.1 Å². The molecule has 0 aliphatic rings. The number of carboxylic acids is 1. The van der Waals surface area contributed by atoms with Crippen molar-refractivity contribution in [3.63, 3.8) is 0 Å². The summed E-state index contributed by atoms with van der Waals surface area (Å²) in [5, 5.41) is 16.2. The molecule has 0 aliphatic heterocycles. The Morgan fingerprint density at radius 2 is 1.97 bits per heavy atom. The monoisotopic (exact) mass is 457 g/mol. The number of hydrogen-bond donors (Lipinski definition) is 2. The van der Waals surface area contributed by atoms with E-state index in [4.69, 9.17) is 20.9 Å². The van der Waals surface area contributed by atoms with Crippen LogP contribution in [0, 0.1) is 0 Å². The number of carboxylic acid groups (broad SMARTS) is 1.